The molecule has 5 heterocycles. The second-order valence-corrected chi connectivity index (χ2v) is 15.0. The maximum atomic E-state index is 13.3. The zero-order valence-electron chi connectivity index (χ0n) is 23.0. The molecule has 5 N–H and O–H groups in total. The van der Waals surface area contributed by atoms with Crippen molar-refractivity contribution in [3.8, 4) is 0 Å². The molecular weight excluding hydrogens is 530 g/mol. The molecule has 1 spiro atoms. The van der Waals surface area contributed by atoms with Gasteiger partial charge in [-0.15, -0.1) is 0 Å². The third-order valence-electron chi connectivity index (χ3n) is 8.38. The molecule has 3 aliphatic rings. The van der Waals surface area contributed by atoms with Crippen molar-refractivity contribution in [2.75, 3.05) is 29.5 Å². The number of rotatable bonds is 5. The second-order valence-electron chi connectivity index (χ2n) is 11.9. The lowest BCUT2D eigenvalue weighted by atomic mass is 9.73. The highest BCUT2D eigenvalue weighted by atomic mass is 32.2. The summed E-state index contributed by atoms with van der Waals surface area (Å²) in [5, 5.41) is 5.65. The number of pyridine rings is 1. The molecular formula is C27H37N9OS2. The molecule has 0 radical (unpaired) electrons. The van der Waals surface area contributed by atoms with E-state index in [9.17, 15) is 4.21 Å². The van der Waals surface area contributed by atoms with E-state index in [0.717, 1.165) is 68.0 Å². The number of hydrogen-bond acceptors (Lipinski definition) is 9. The molecule has 0 aromatic carbocycles. The van der Waals surface area contributed by atoms with E-state index in [4.69, 9.17) is 21.5 Å². The normalized spacial score (nSPS) is 20.8. The Bertz CT molecular complexity index is 1440. The second kappa shape index (κ2) is 9.74. The number of nitrogens with one attached hydrogen (secondary N) is 1. The molecule has 1 unspecified atom stereocenters. The van der Waals surface area contributed by atoms with Gasteiger partial charge in [-0.3, -0.25) is 4.68 Å². The number of hydrogen-bond donors (Lipinski definition) is 3. The largest absolute Gasteiger partial charge is 0.383 e. The van der Waals surface area contributed by atoms with Gasteiger partial charge in [-0.2, -0.15) is 5.10 Å². The van der Waals surface area contributed by atoms with Crippen molar-refractivity contribution in [1.82, 2.24) is 29.5 Å². The van der Waals surface area contributed by atoms with Crippen molar-refractivity contribution in [2.24, 2.45) is 5.41 Å². The summed E-state index contributed by atoms with van der Waals surface area (Å²) in [5.41, 5.74) is 17.1. The van der Waals surface area contributed by atoms with E-state index in [1.54, 1.807) is 6.20 Å². The summed E-state index contributed by atoms with van der Waals surface area (Å²) < 4.78 is 18.8. The molecule has 1 aliphatic carbocycles. The predicted octanol–water partition coefficient (Wildman–Crippen LogP) is 3.57. The Kier molecular flexibility index (Phi) is 6.62. The van der Waals surface area contributed by atoms with E-state index in [1.807, 2.05) is 40.0 Å². The molecule has 1 fully saturated rings. The summed E-state index contributed by atoms with van der Waals surface area (Å²) >= 11 is 1.45. The molecule has 0 saturated carbocycles. The molecule has 2 atom stereocenters. The van der Waals surface area contributed by atoms with Gasteiger partial charge in [0.15, 0.2) is 5.82 Å². The van der Waals surface area contributed by atoms with Crippen molar-refractivity contribution >= 4 is 40.2 Å². The Labute approximate surface area is 236 Å². The van der Waals surface area contributed by atoms with Crippen LogP contribution < -0.4 is 21.1 Å². The van der Waals surface area contributed by atoms with E-state index in [2.05, 4.69) is 24.3 Å². The van der Waals surface area contributed by atoms with E-state index in [0.29, 0.717) is 16.7 Å². The fraction of sp³-hybridized carbons (Fsp3) is 0.556. The first kappa shape index (κ1) is 26.5. The van der Waals surface area contributed by atoms with Crippen LogP contribution in [0, 0.1) is 12.3 Å². The van der Waals surface area contributed by atoms with E-state index >= 15 is 0 Å². The van der Waals surface area contributed by atoms with Crippen molar-refractivity contribution in [1.29, 1.82) is 0 Å². The van der Waals surface area contributed by atoms with Gasteiger partial charge in [0.25, 0.3) is 0 Å². The Morgan fingerprint density at radius 2 is 1.92 bits per heavy atom. The van der Waals surface area contributed by atoms with Crippen molar-refractivity contribution < 1.29 is 4.21 Å². The summed E-state index contributed by atoms with van der Waals surface area (Å²) in [4.78, 5) is 16.8. The average molecular weight is 568 g/mol. The maximum Gasteiger partial charge on any atom is 0.158 e. The minimum Gasteiger partial charge on any atom is -0.383 e. The molecule has 10 nitrogen and oxygen atoms in total. The molecule has 0 amide bonds. The first-order valence-electron chi connectivity index (χ1n) is 13.6. The number of aryl methyl sites for hydroxylation is 1. The van der Waals surface area contributed by atoms with Gasteiger partial charge >= 0.3 is 0 Å². The lowest BCUT2D eigenvalue weighted by Crippen LogP contribution is -2.48. The fourth-order valence-corrected chi connectivity index (χ4v) is 7.83. The number of piperidine rings is 1. The zero-order valence-corrected chi connectivity index (χ0v) is 24.7. The SMILES string of the molecule is Cc1c(Sc2ncc(N3CCC4(CC3)Cn3nc5c(c3[C@H]4NS(=O)C(C)(C)C)CCC5)nc2N)ccnc1N. The number of anilines is 3. The lowest BCUT2D eigenvalue weighted by Gasteiger charge is -2.43. The third-order valence-corrected chi connectivity index (χ3v) is 11.1. The number of nitrogens with two attached hydrogens (primary N) is 2. The van der Waals surface area contributed by atoms with Crippen molar-refractivity contribution in [3.63, 3.8) is 0 Å². The Morgan fingerprint density at radius 1 is 1.15 bits per heavy atom. The van der Waals surface area contributed by atoms with Crippen LogP contribution in [0.1, 0.15) is 68.6 Å². The first-order chi connectivity index (χ1) is 18.6. The van der Waals surface area contributed by atoms with E-state index < -0.39 is 11.0 Å². The number of nitrogens with zero attached hydrogens (tertiary/aromatic N) is 6. The molecule has 3 aromatic heterocycles. The van der Waals surface area contributed by atoms with Gasteiger partial charge in [0.1, 0.15) is 16.7 Å². The number of aromatic nitrogens is 5. The lowest BCUT2D eigenvalue weighted by molar-refractivity contribution is 0.161. The van der Waals surface area contributed by atoms with Gasteiger partial charge in [-0.05, 0) is 71.4 Å². The maximum absolute atomic E-state index is 13.3. The highest BCUT2D eigenvalue weighted by Crippen LogP contribution is 2.52. The highest BCUT2D eigenvalue weighted by molar-refractivity contribution is 7.99. The van der Waals surface area contributed by atoms with E-state index in [-0.39, 0.29) is 16.2 Å². The summed E-state index contributed by atoms with van der Waals surface area (Å²) in [5.74, 6) is 1.70. The van der Waals surface area contributed by atoms with Gasteiger partial charge in [-0.25, -0.2) is 23.9 Å². The highest BCUT2D eigenvalue weighted by Gasteiger charge is 2.52. The van der Waals surface area contributed by atoms with Gasteiger partial charge in [-0.1, -0.05) is 11.8 Å². The van der Waals surface area contributed by atoms with Gasteiger partial charge in [0, 0.05) is 41.7 Å². The number of fused-ring (bicyclic) bond motifs is 3. The van der Waals surface area contributed by atoms with Crippen LogP contribution >= 0.6 is 11.8 Å². The zero-order chi connectivity index (χ0) is 27.5. The Morgan fingerprint density at radius 3 is 2.64 bits per heavy atom. The van der Waals surface area contributed by atoms with E-state index in [1.165, 1.54) is 28.7 Å². The minimum absolute atomic E-state index is 0.0278. The Balaban J connectivity index is 1.21. The monoisotopic (exact) mass is 567 g/mol. The first-order valence-corrected chi connectivity index (χ1v) is 15.6. The van der Waals surface area contributed by atoms with Crippen LogP contribution in [0.15, 0.2) is 28.4 Å². The van der Waals surface area contributed by atoms with Crippen molar-refractivity contribution in [2.45, 2.75) is 87.1 Å². The standard InChI is InChI=1S/C27H37N9OS2/c1-16-19(8-11-30-23(16)28)38-25-24(29)32-20(14-31-25)35-12-9-27(10-13-35)15-36-21(17-6-5-7-18(17)33-36)22(27)34-39(37)26(2,3)4/h8,11,14,22,34H,5-7,9-10,12-13,15H2,1-4H3,(H2,28,30)(H2,29,32)/t22-,39?/m1/s1. The molecule has 3 aromatic rings. The van der Waals surface area contributed by atoms with Crippen LogP contribution in [-0.4, -0.2) is 46.8 Å². The quantitative estimate of drug-likeness (QED) is 0.422. The summed E-state index contributed by atoms with van der Waals surface area (Å²) in [7, 11) is -1.17. The predicted molar refractivity (Wildman–Crippen MR) is 156 cm³/mol. The molecule has 12 heteroatoms. The van der Waals surface area contributed by atoms with Crippen molar-refractivity contribution in [3.05, 3.63) is 41.0 Å². The third kappa shape index (κ3) is 4.70. The van der Waals surface area contributed by atoms with Crippen LogP contribution in [0.2, 0.25) is 0 Å². The Hall–Kier alpha value is -2.70. The summed E-state index contributed by atoms with van der Waals surface area (Å²) in [6.07, 6.45) is 8.66. The van der Waals surface area contributed by atoms with Crippen LogP contribution in [0.4, 0.5) is 17.5 Å². The molecule has 6 rings (SSSR count). The van der Waals surface area contributed by atoms with Gasteiger partial charge in [0.05, 0.1) is 39.4 Å². The summed E-state index contributed by atoms with van der Waals surface area (Å²) in [6, 6.07) is 1.94. The topological polar surface area (TPSA) is 141 Å². The smallest absolute Gasteiger partial charge is 0.158 e. The van der Waals surface area contributed by atoms with Gasteiger partial charge < -0.3 is 16.4 Å². The summed E-state index contributed by atoms with van der Waals surface area (Å²) in [6.45, 7) is 10.5. The molecule has 208 valence electrons. The minimum atomic E-state index is -1.17. The average Bonchev–Trinajstić information content (AvgIpc) is 3.54. The van der Waals surface area contributed by atoms with Crippen LogP contribution in [0.3, 0.4) is 0 Å². The molecule has 0 bridgehead atoms. The van der Waals surface area contributed by atoms with Crippen LogP contribution in [0.25, 0.3) is 0 Å². The number of nitrogen functional groups attached to an aromatic ring is 2. The van der Waals surface area contributed by atoms with Crippen LogP contribution in [0.5, 0.6) is 0 Å². The van der Waals surface area contributed by atoms with Crippen LogP contribution in [-0.2, 0) is 30.4 Å². The van der Waals surface area contributed by atoms with Gasteiger partial charge in [0.2, 0.25) is 0 Å². The molecule has 2 aliphatic heterocycles. The molecule has 39 heavy (non-hydrogen) atoms. The molecule has 1 saturated heterocycles. The fourth-order valence-electron chi connectivity index (χ4n) is 6.05.